The predicted molar refractivity (Wildman–Crippen MR) is 236 cm³/mol. The number of benzene rings is 8. The van der Waals surface area contributed by atoms with Gasteiger partial charge in [-0.15, -0.1) is 11.3 Å². The quantitative estimate of drug-likeness (QED) is 0.176. The van der Waals surface area contributed by atoms with Crippen LogP contribution in [0.2, 0.25) is 0 Å². The molecule has 0 amide bonds. The van der Waals surface area contributed by atoms with Crippen molar-refractivity contribution < 1.29 is 4.42 Å². The Morgan fingerprint density at radius 2 is 0.877 bits per heavy atom. The van der Waals surface area contributed by atoms with Gasteiger partial charge in [-0.3, -0.25) is 0 Å². The number of hydrogen-bond acceptors (Lipinski definition) is 5. The number of fused-ring (bicyclic) bond motifs is 9. The van der Waals surface area contributed by atoms with Crippen LogP contribution < -0.4 is 0 Å². The molecule has 0 atom stereocenters. The number of rotatable bonds is 5. The van der Waals surface area contributed by atoms with Gasteiger partial charge in [0.05, 0.1) is 11.0 Å². The van der Waals surface area contributed by atoms with E-state index < -0.39 is 0 Å². The number of aromatic nitrogens is 4. The van der Waals surface area contributed by atoms with Gasteiger partial charge in [0, 0.05) is 64.1 Å². The standard InChI is InChI=1S/C51H30N4OS/c1-3-11-31(12-4-1)49-52-50(32-13-5-2-6-14-32)54-51(53-49)35-21-26-45-42(27-35)39-23-19-33(28-46(39)56-45)34-20-24-40-41-25-22-36(30-48(41)57-47(40)29-34)55-43-17-9-7-15-37(43)38-16-8-10-18-44(38)55/h1-30H. The van der Waals surface area contributed by atoms with Crippen molar-refractivity contribution in [3.63, 3.8) is 0 Å². The van der Waals surface area contributed by atoms with Crippen molar-refractivity contribution in [2.24, 2.45) is 0 Å². The molecule has 12 aromatic rings. The van der Waals surface area contributed by atoms with Crippen LogP contribution in [0.15, 0.2) is 186 Å². The molecule has 0 bridgehead atoms. The summed E-state index contributed by atoms with van der Waals surface area (Å²) in [4.78, 5) is 14.8. The van der Waals surface area contributed by atoms with Crippen molar-refractivity contribution >= 4 is 75.3 Å². The van der Waals surface area contributed by atoms with E-state index in [1.165, 1.54) is 47.7 Å². The summed E-state index contributed by atoms with van der Waals surface area (Å²) in [7, 11) is 0. The van der Waals surface area contributed by atoms with E-state index in [2.05, 4.69) is 114 Å². The second kappa shape index (κ2) is 12.6. The molecule has 0 saturated heterocycles. The zero-order chi connectivity index (χ0) is 37.5. The number of thiophene rings is 1. The lowest BCUT2D eigenvalue weighted by Gasteiger charge is -2.08. The molecule has 0 aliphatic carbocycles. The fourth-order valence-corrected chi connectivity index (χ4v) is 9.50. The maximum atomic E-state index is 6.48. The summed E-state index contributed by atoms with van der Waals surface area (Å²) in [5, 5.41) is 7.17. The zero-order valence-electron chi connectivity index (χ0n) is 30.4. The summed E-state index contributed by atoms with van der Waals surface area (Å²) in [6.07, 6.45) is 0. The van der Waals surface area contributed by atoms with Gasteiger partial charge in [-0.2, -0.15) is 0 Å². The second-order valence-electron chi connectivity index (χ2n) is 14.4. The van der Waals surface area contributed by atoms with Crippen LogP contribution in [0.5, 0.6) is 0 Å². The first-order chi connectivity index (χ1) is 28.2. The molecule has 0 aliphatic rings. The number of furan rings is 1. The van der Waals surface area contributed by atoms with Crippen molar-refractivity contribution in [2.45, 2.75) is 0 Å². The topological polar surface area (TPSA) is 56.7 Å². The van der Waals surface area contributed by atoms with E-state index in [0.717, 1.165) is 49.8 Å². The summed E-state index contributed by atoms with van der Waals surface area (Å²) in [5.74, 6) is 1.90. The first-order valence-electron chi connectivity index (χ1n) is 19.0. The molecule has 57 heavy (non-hydrogen) atoms. The summed E-state index contributed by atoms with van der Waals surface area (Å²) < 4.78 is 11.4. The normalized spacial score (nSPS) is 11.9. The van der Waals surface area contributed by atoms with Gasteiger partial charge in [-0.1, -0.05) is 121 Å². The first kappa shape index (κ1) is 31.9. The van der Waals surface area contributed by atoms with Crippen molar-refractivity contribution in [1.29, 1.82) is 0 Å². The number of para-hydroxylation sites is 2. The van der Waals surface area contributed by atoms with Gasteiger partial charge < -0.3 is 8.98 Å². The Balaban J connectivity index is 0.920. The van der Waals surface area contributed by atoms with Crippen molar-refractivity contribution in [1.82, 2.24) is 19.5 Å². The minimum atomic E-state index is 0.620. The molecule has 0 N–H and O–H groups in total. The smallest absolute Gasteiger partial charge is 0.164 e. The lowest BCUT2D eigenvalue weighted by atomic mass is 10.0. The second-order valence-corrected chi connectivity index (χ2v) is 15.5. The third-order valence-electron chi connectivity index (χ3n) is 11.1. The molecule has 266 valence electrons. The fourth-order valence-electron chi connectivity index (χ4n) is 8.32. The largest absolute Gasteiger partial charge is 0.456 e. The first-order valence-corrected chi connectivity index (χ1v) is 19.8. The highest BCUT2D eigenvalue weighted by Gasteiger charge is 2.17. The number of hydrogen-bond donors (Lipinski definition) is 0. The monoisotopic (exact) mass is 746 g/mol. The molecule has 0 unspecified atom stereocenters. The maximum absolute atomic E-state index is 6.48. The van der Waals surface area contributed by atoms with E-state index >= 15 is 0 Å². The number of nitrogens with zero attached hydrogens (tertiary/aromatic N) is 4. The van der Waals surface area contributed by atoms with E-state index in [4.69, 9.17) is 19.4 Å². The molecule has 8 aromatic carbocycles. The Hall–Kier alpha value is -7.41. The SMILES string of the molecule is c1ccc(-c2nc(-c3ccccc3)nc(-c3ccc4oc5cc(-c6ccc7c(c6)sc6cc(-n8c9ccccc9c9ccccc98)ccc67)ccc5c4c3)n2)cc1. The maximum Gasteiger partial charge on any atom is 0.164 e. The van der Waals surface area contributed by atoms with E-state index in [0.29, 0.717) is 17.5 Å². The van der Waals surface area contributed by atoms with Gasteiger partial charge in [0.15, 0.2) is 17.5 Å². The fraction of sp³-hybridized carbons (Fsp3) is 0. The minimum Gasteiger partial charge on any atom is -0.456 e. The van der Waals surface area contributed by atoms with Gasteiger partial charge in [0.1, 0.15) is 11.2 Å². The molecule has 6 heteroatoms. The third kappa shape index (κ3) is 5.19. The van der Waals surface area contributed by atoms with Gasteiger partial charge >= 0.3 is 0 Å². The van der Waals surface area contributed by atoms with Crippen LogP contribution in [0.25, 0.3) is 115 Å². The van der Waals surface area contributed by atoms with Gasteiger partial charge in [-0.25, -0.2) is 15.0 Å². The predicted octanol–water partition coefficient (Wildman–Crippen LogP) is 13.9. The molecule has 0 spiro atoms. The Kier molecular flexibility index (Phi) is 7.03. The summed E-state index contributed by atoms with van der Waals surface area (Å²) in [5.41, 5.74) is 10.4. The van der Waals surface area contributed by atoms with E-state index in [1.807, 2.05) is 84.1 Å². The van der Waals surface area contributed by atoms with Crippen LogP contribution in [0.1, 0.15) is 0 Å². The Morgan fingerprint density at radius 1 is 0.351 bits per heavy atom. The average molecular weight is 747 g/mol. The van der Waals surface area contributed by atoms with E-state index in [1.54, 1.807) is 0 Å². The summed E-state index contributed by atoms with van der Waals surface area (Å²) in [6, 6.07) is 63.9. The molecular weight excluding hydrogens is 717 g/mol. The van der Waals surface area contributed by atoms with Gasteiger partial charge in [0.25, 0.3) is 0 Å². The highest BCUT2D eigenvalue weighted by Crippen LogP contribution is 2.41. The van der Waals surface area contributed by atoms with Crippen LogP contribution in [0, 0.1) is 0 Å². The molecule has 4 aromatic heterocycles. The van der Waals surface area contributed by atoms with E-state index in [-0.39, 0.29) is 0 Å². The van der Waals surface area contributed by atoms with Crippen molar-refractivity contribution in [3.05, 3.63) is 182 Å². The van der Waals surface area contributed by atoms with Crippen molar-refractivity contribution in [2.75, 3.05) is 0 Å². The molecule has 12 rings (SSSR count). The molecule has 0 fully saturated rings. The van der Waals surface area contributed by atoms with Gasteiger partial charge in [-0.05, 0) is 71.8 Å². The molecular formula is C51H30N4OS. The van der Waals surface area contributed by atoms with Crippen LogP contribution in [0.4, 0.5) is 0 Å². The average Bonchev–Trinajstić information content (AvgIpc) is 3.95. The molecule has 0 aliphatic heterocycles. The van der Waals surface area contributed by atoms with Gasteiger partial charge in [0.2, 0.25) is 0 Å². The Bertz CT molecular complexity index is 3420. The van der Waals surface area contributed by atoms with Crippen LogP contribution >= 0.6 is 11.3 Å². The summed E-state index contributed by atoms with van der Waals surface area (Å²) in [6.45, 7) is 0. The Morgan fingerprint density at radius 3 is 1.54 bits per heavy atom. The molecule has 0 saturated carbocycles. The lowest BCUT2D eigenvalue weighted by Crippen LogP contribution is -2.00. The molecule has 5 nitrogen and oxygen atoms in total. The van der Waals surface area contributed by atoms with Crippen LogP contribution in [0.3, 0.4) is 0 Å². The highest BCUT2D eigenvalue weighted by atomic mass is 32.1. The minimum absolute atomic E-state index is 0.620. The van der Waals surface area contributed by atoms with Crippen LogP contribution in [-0.2, 0) is 0 Å². The zero-order valence-corrected chi connectivity index (χ0v) is 31.2. The molecule has 4 heterocycles. The summed E-state index contributed by atoms with van der Waals surface area (Å²) >= 11 is 1.85. The molecule has 0 radical (unpaired) electrons. The van der Waals surface area contributed by atoms with Crippen LogP contribution in [-0.4, -0.2) is 19.5 Å². The Labute approximate surface area is 330 Å². The van der Waals surface area contributed by atoms with E-state index in [9.17, 15) is 0 Å². The van der Waals surface area contributed by atoms with Crippen molar-refractivity contribution in [3.8, 4) is 51.0 Å². The lowest BCUT2D eigenvalue weighted by molar-refractivity contribution is 0.669. The third-order valence-corrected chi connectivity index (χ3v) is 12.2. The highest BCUT2D eigenvalue weighted by molar-refractivity contribution is 7.25.